The fraction of sp³-hybridized carbons (Fsp3) is 0.333. The van der Waals surface area contributed by atoms with Crippen LogP contribution in [-0.4, -0.2) is 57.5 Å². The van der Waals surface area contributed by atoms with E-state index in [0.717, 1.165) is 16.4 Å². The van der Waals surface area contributed by atoms with E-state index in [2.05, 4.69) is 5.32 Å². The van der Waals surface area contributed by atoms with Crippen LogP contribution in [0.15, 0.2) is 65.6 Å². The second-order valence-electron chi connectivity index (χ2n) is 10.7. The normalized spacial score (nSPS) is 12.3. The van der Waals surface area contributed by atoms with Gasteiger partial charge in [-0.3, -0.25) is 13.9 Å². The van der Waals surface area contributed by atoms with Crippen LogP contribution in [0.5, 0.6) is 11.5 Å². The van der Waals surface area contributed by atoms with Crippen molar-refractivity contribution in [3.8, 4) is 11.5 Å². The van der Waals surface area contributed by atoms with Gasteiger partial charge in [-0.25, -0.2) is 12.8 Å². The molecule has 0 aromatic heterocycles. The van der Waals surface area contributed by atoms with Crippen molar-refractivity contribution < 1.29 is 31.9 Å². The topological polar surface area (TPSA) is 105 Å². The van der Waals surface area contributed by atoms with Gasteiger partial charge in [0.2, 0.25) is 11.8 Å². The Bertz CT molecular complexity index is 1580. The molecule has 3 rings (SSSR count). The minimum Gasteiger partial charge on any atom is -0.493 e. The molecule has 3 aromatic rings. The van der Waals surface area contributed by atoms with Gasteiger partial charge in [0.15, 0.2) is 11.5 Å². The lowest BCUT2D eigenvalue weighted by Gasteiger charge is -2.33. The highest BCUT2D eigenvalue weighted by Crippen LogP contribution is 2.32. The van der Waals surface area contributed by atoms with Crippen LogP contribution in [-0.2, 0) is 26.2 Å². The van der Waals surface area contributed by atoms with E-state index in [1.807, 2.05) is 0 Å². The van der Waals surface area contributed by atoms with Crippen LogP contribution in [0.25, 0.3) is 0 Å². The Kier molecular flexibility index (Phi) is 10.9. The molecule has 0 spiro atoms. The van der Waals surface area contributed by atoms with Gasteiger partial charge in [0.1, 0.15) is 18.4 Å². The van der Waals surface area contributed by atoms with Gasteiger partial charge in [-0.05, 0) is 81.8 Å². The van der Waals surface area contributed by atoms with E-state index >= 15 is 0 Å². The minimum atomic E-state index is -4.42. The van der Waals surface area contributed by atoms with E-state index < -0.39 is 45.8 Å². The number of carbonyl (C=O) groups is 2. The number of anilines is 1. The second-order valence-corrected chi connectivity index (χ2v) is 13.4. The SMILES string of the molecule is COc1ccc(S(=O)(=O)N(CC(=O)N(Cc2ccc(Cl)c(Cl)c2)[C@H](C)C(=O)NC(C)(C)C)c2ccc(F)cc2)cc1OC. The number of halogens is 3. The van der Waals surface area contributed by atoms with Crippen LogP contribution in [0.1, 0.15) is 33.3 Å². The number of nitrogens with zero attached hydrogens (tertiary/aromatic N) is 2. The zero-order valence-corrected chi connectivity index (χ0v) is 27.0. The molecule has 0 aliphatic carbocycles. The zero-order valence-electron chi connectivity index (χ0n) is 24.7. The number of hydrogen-bond acceptors (Lipinski definition) is 6. The molecule has 232 valence electrons. The molecule has 13 heteroatoms. The predicted octanol–water partition coefficient (Wildman–Crippen LogP) is 5.68. The molecule has 0 heterocycles. The summed E-state index contributed by atoms with van der Waals surface area (Å²) in [4.78, 5) is 28.3. The van der Waals surface area contributed by atoms with Gasteiger partial charge in [0.25, 0.3) is 10.0 Å². The molecular weight excluding hydrogens is 620 g/mol. The minimum absolute atomic E-state index is 0.0332. The third-order valence-corrected chi connectivity index (χ3v) is 8.85. The Morgan fingerprint density at radius 3 is 2.12 bits per heavy atom. The Morgan fingerprint density at radius 1 is 0.930 bits per heavy atom. The van der Waals surface area contributed by atoms with Crippen molar-refractivity contribution in [3.63, 3.8) is 0 Å². The van der Waals surface area contributed by atoms with Gasteiger partial charge >= 0.3 is 0 Å². The Morgan fingerprint density at radius 2 is 1.56 bits per heavy atom. The molecular formula is C30H34Cl2FN3O6S. The molecule has 0 unspecified atom stereocenters. The third kappa shape index (κ3) is 8.52. The highest BCUT2D eigenvalue weighted by molar-refractivity contribution is 7.92. The third-order valence-electron chi connectivity index (χ3n) is 6.34. The number of sulfonamides is 1. The number of amides is 2. The van der Waals surface area contributed by atoms with Crippen LogP contribution < -0.4 is 19.1 Å². The molecule has 1 atom stereocenters. The van der Waals surface area contributed by atoms with Gasteiger partial charge in [0.05, 0.1) is 34.8 Å². The maximum absolute atomic E-state index is 14.0. The quantitative estimate of drug-likeness (QED) is 0.286. The average molecular weight is 655 g/mol. The molecule has 0 bridgehead atoms. The summed E-state index contributed by atoms with van der Waals surface area (Å²) < 4.78 is 53.2. The lowest BCUT2D eigenvalue weighted by Crippen LogP contribution is -2.54. The maximum Gasteiger partial charge on any atom is 0.264 e. The highest BCUT2D eigenvalue weighted by Gasteiger charge is 2.34. The fourth-order valence-corrected chi connectivity index (χ4v) is 5.88. The first-order chi connectivity index (χ1) is 20.1. The molecule has 0 fully saturated rings. The summed E-state index contributed by atoms with van der Waals surface area (Å²) in [5.74, 6) is -1.28. The van der Waals surface area contributed by atoms with Crippen molar-refractivity contribution in [1.82, 2.24) is 10.2 Å². The molecule has 1 N–H and O–H groups in total. The molecule has 3 aromatic carbocycles. The summed E-state index contributed by atoms with van der Waals surface area (Å²) in [6, 6.07) is 12.4. The summed E-state index contributed by atoms with van der Waals surface area (Å²) in [5.41, 5.74) is 0.000598. The number of benzene rings is 3. The van der Waals surface area contributed by atoms with E-state index in [9.17, 15) is 22.4 Å². The Hall–Kier alpha value is -3.54. The first kappa shape index (κ1) is 34.0. The maximum atomic E-state index is 14.0. The van der Waals surface area contributed by atoms with Gasteiger partial charge in [-0.1, -0.05) is 29.3 Å². The van der Waals surface area contributed by atoms with E-state index in [0.29, 0.717) is 16.3 Å². The lowest BCUT2D eigenvalue weighted by atomic mass is 10.1. The van der Waals surface area contributed by atoms with Crippen LogP contribution in [0.4, 0.5) is 10.1 Å². The van der Waals surface area contributed by atoms with E-state index in [-0.39, 0.29) is 27.9 Å². The number of nitrogens with one attached hydrogen (secondary N) is 1. The van der Waals surface area contributed by atoms with Crippen molar-refractivity contribution in [1.29, 1.82) is 0 Å². The highest BCUT2D eigenvalue weighted by atomic mass is 35.5. The summed E-state index contributed by atoms with van der Waals surface area (Å²) >= 11 is 12.3. The van der Waals surface area contributed by atoms with Gasteiger partial charge < -0.3 is 19.7 Å². The molecule has 0 saturated carbocycles. The van der Waals surface area contributed by atoms with Crippen molar-refractivity contribution >= 4 is 50.7 Å². The molecule has 0 aliphatic heterocycles. The standard InChI is InChI=1S/C30H34Cl2FN3O6S/c1-19(29(38)34-30(2,3)4)35(17-20-7-13-24(31)25(32)15-20)28(37)18-36(22-10-8-21(33)9-11-22)43(39,40)23-12-14-26(41-5)27(16-23)42-6/h7-16,19H,17-18H2,1-6H3,(H,34,38)/t19-/m1/s1. The van der Waals surface area contributed by atoms with Crippen molar-refractivity contribution in [2.75, 3.05) is 25.1 Å². The zero-order chi connectivity index (χ0) is 32.1. The largest absolute Gasteiger partial charge is 0.493 e. The number of methoxy groups -OCH3 is 2. The second kappa shape index (κ2) is 13.8. The Labute approximate surface area is 261 Å². The Balaban J connectivity index is 2.09. The van der Waals surface area contributed by atoms with Crippen molar-refractivity contribution in [3.05, 3.63) is 82.1 Å². The molecule has 9 nitrogen and oxygen atoms in total. The van der Waals surface area contributed by atoms with Crippen LogP contribution in [0, 0.1) is 5.82 Å². The summed E-state index contributed by atoms with van der Waals surface area (Å²) in [6.45, 7) is 6.15. The van der Waals surface area contributed by atoms with Gasteiger partial charge in [0, 0.05) is 18.2 Å². The lowest BCUT2D eigenvalue weighted by molar-refractivity contribution is -0.140. The molecule has 0 aliphatic rings. The molecule has 43 heavy (non-hydrogen) atoms. The van der Waals surface area contributed by atoms with Gasteiger partial charge in [-0.15, -0.1) is 0 Å². The predicted molar refractivity (Wildman–Crippen MR) is 165 cm³/mol. The summed E-state index contributed by atoms with van der Waals surface area (Å²) in [6.07, 6.45) is 0. The number of hydrogen-bond donors (Lipinski definition) is 1. The average Bonchev–Trinajstić information content (AvgIpc) is 2.95. The summed E-state index contributed by atoms with van der Waals surface area (Å²) in [7, 11) is -1.65. The van der Waals surface area contributed by atoms with E-state index in [1.54, 1.807) is 45.9 Å². The van der Waals surface area contributed by atoms with Crippen LogP contribution in [0.2, 0.25) is 10.0 Å². The molecule has 2 amide bonds. The smallest absolute Gasteiger partial charge is 0.264 e. The number of carbonyl (C=O) groups excluding carboxylic acids is 2. The van der Waals surface area contributed by atoms with Crippen LogP contribution in [0.3, 0.4) is 0 Å². The fourth-order valence-electron chi connectivity index (χ4n) is 4.13. The number of ether oxygens (including phenoxy) is 2. The van der Waals surface area contributed by atoms with Crippen LogP contribution >= 0.6 is 23.2 Å². The number of rotatable bonds is 11. The van der Waals surface area contributed by atoms with E-state index in [4.69, 9.17) is 32.7 Å². The van der Waals surface area contributed by atoms with Gasteiger partial charge in [-0.2, -0.15) is 0 Å². The first-order valence-electron chi connectivity index (χ1n) is 13.1. The summed E-state index contributed by atoms with van der Waals surface area (Å²) in [5, 5.41) is 3.41. The van der Waals surface area contributed by atoms with Crippen molar-refractivity contribution in [2.45, 2.75) is 50.7 Å². The molecule has 0 saturated heterocycles. The van der Waals surface area contributed by atoms with Crippen molar-refractivity contribution in [2.24, 2.45) is 0 Å². The monoisotopic (exact) mass is 653 g/mol. The molecule has 0 radical (unpaired) electrons. The van der Waals surface area contributed by atoms with E-state index in [1.165, 1.54) is 49.5 Å². The first-order valence-corrected chi connectivity index (χ1v) is 15.3.